The molecule has 2 unspecified atom stereocenters. The van der Waals surface area contributed by atoms with Crippen molar-refractivity contribution in [1.29, 1.82) is 0 Å². The van der Waals surface area contributed by atoms with Crippen molar-refractivity contribution in [2.45, 2.75) is 25.5 Å². The molecule has 2 N–H and O–H groups in total. The van der Waals surface area contributed by atoms with Crippen LogP contribution < -0.4 is 5.32 Å². The summed E-state index contributed by atoms with van der Waals surface area (Å²) in [6.45, 7) is 1.69. The van der Waals surface area contributed by atoms with Gasteiger partial charge in [-0.05, 0) is 30.2 Å². The first-order chi connectivity index (χ1) is 11.4. The molecule has 2 atom stereocenters. The van der Waals surface area contributed by atoms with Gasteiger partial charge in [0.25, 0.3) is 5.69 Å². The molecule has 0 saturated heterocycles. The standard InChI is InChI=1S/C17H17ClN2O4/c1-11(17(22)13-5-7-14(18)8-6-13)19-16(21)10-12-3-2-4-15(9-12)20(23)24/h2-9,11,17,22H,10H2,1H3,(H,19,21). The van der Waals surface area contributed by atoms with E-state index in [1.54, 1.807) is 37.3 Å². The average Bonchev–Trinajstić information content (AvgIpc) is 2.55. The SMILES string of the molecule is CC(NC(=O)Cc1cccc([N+](=O)[O-])c1)C(O)c1ccc(Cl)cc1. The van der Waals surface area contributed by atoms with Crippen molar-refractivity contribution in [2.24, 2.45) is 0 Å². The molecule has 2 aromatic carbocycles. The Morgan fingerprint density at radius 3 is 2.58 bits per heavy atom. The molecule has 0 heterocycles. The van der Waals surface area contributed by atoms with Gasteiger partial charge in [0.2, 0.25) is 5.91 Å². The molecule has 0 aliphatic rings. The van der Waals surface area contributed by atoms with E-state index in [1.165, 1.54) is 18.2 Å². The number of amides is 1. The number of halogens is 1. The predicted molar refractivity (Wildman–Crippen MR) is 90.8 cm³/mol. The van der Waals surface area contributed by atoms with E-state index in [2.05, 4.69) is 5.32 Å². The topological polar surface area (TPSA) is 92.5 Å². The van der Waals surface area contributed by atoms with Crippen molar-refractivity contribution < 1.29 is 14.8 Å². The van der Waals surface area contributed by atoms with E-state index in [1.807, 2.05) is 0 Å². The third-order valence-corrected chi connectivity index (χ3v) is 3.81. The maximum Gasteiger partial charge on any atom is 0.269 e. The summed E-state index contributed by atoms with van der Waals surface area (Å²) in [6, 6.07) is 12.1. The smallest absolute Gasteiger partial charge is 0.269 e. The summed E-state index contributed by atoms with van der Waals surface area (Å²) in [5, 5.41) is 24.3. The molecular formula is C17H17ClN2O4. The summed E-state index contributed by atoms with van der Waals surface area (Å²) in [5.74, 6) is -0.323. The first kappa shape index (κ1) is 17.9. The molecule has 24 heavy (non-hydrogen) atoms. The van der Waals surface area contributed by atoms with E-state index < -0.39 is 17.1 Å². The average molecular weight is 349 g/mol. The Balaban J connectivity index is 1.97. The summed E-state index contributed by atoms with van der Waals surface area (Å²) in [7, 11) is 0. The van der Waals surface area contributed by atoms with Crippen molar-refractivity contribution >= 4 is 23.2 Å². The number of non-ortho nitro benzene ring substituents is 1. The van der Waals surface area contributed by atoms with E-state index in [4.69, 9.17) is 11.6 Å². The van der Waals surface area contributed by atoms with Crippen LogP contribution in [-0.2, 0) is 11.2 Å². The van der Waals surface area contributed by atoms with Gasteiger partial charge in [0.1, 0.15) is 0 Å². The second kappa shape index (κ2) is 7.90. The van der Waals surface area contributed by atoms with E-state index in [0.29, 0.717) is 16.1 Å². The van der Waals surface area contributed by atoms with Crippen molar-refractivity contribution in [2.75, 3.05) is 0 Å². The van der Waals surface area contributed by atoms with Crippen LogP contribution in [0.15, 0.2) is 48.5 Å². The number of aliphatic hydroxyl groups is 1. The molecule has 0 saturated carbocycles. The van der Waals surface area contributed by atoms with Crippen molar-refractivity contribution in [3.63, 3.8) is 0 Å². The lowest BCUT2D eigenvalue weighted by molar-refractivity contribution is -0.384. The Kier molecular flexibility index (Phi) is 5.89. The number of nitrogens with one attached hydrogen (secondary N) is 1. The van der Waals surface area contributed by atoms with Crippen LogP contribution in [0.2, 0.25) is 5.02 Å². The third kappa shape index (κ3) is 4.78. The van der Waals surface area contributed by atoms with E-state index >= 15 is 0 Å². The molecule has 1 amide bonds. The van der Waals surface area contributed by atoms with Crippen LogP contribution in [0.4, 0.5) is 5.69 Å². The van der Waals surface area contributed by atoms with Crippen LogP contribution in [0.25, 0.3) is 0 Å². The van der Waals surface area contributed by atoms with Gasteiger partial charge in [0, 0.05) is 17.2 Å². The summed E-state index contributed by atoms with van der Waals surface area (Å²) in [6.07, 6.45) is -0.879. The van der Waals surface area contributed by atoms with Gasteiger partial charge in [-0.1, -0.05) is 35.9 Å². The highest BCUT2D eigenvalue weighted by Gasteiger charge is 2.19. The van der Waals surface area contributed by atoms with Crippen molar-refractivity contribution in [3.05, 3.63) is 74.8 Å². The maximum atomic E-state index is 12.1. The van der Waals surface area contributed by atoms with E-state index in [-0.39, 0.29) is 18.0 Å². The Hall–Kier alpha value is -2.44. The summed E-state index contributed by atoms with van der Waals surface area (Å²) >= 11 is 5.81. The maximum absolute atomic E-state index is 12.1. The molecule has 0 bridgehead atoms. The number of rotatable bonds is 6. The first-order valence-corrected chi connectivity index (χ1v) is 7.71. The Morgan fingerprint density at radius 2 is 1.96 bits per heavy atom. The molecule has 6 nitrogen and oxygen atoms in total. The van der Waals surface area contributed by atoms with Gasteiger partial charge in [-0.2, -0.15) is 0 Å². The molecule has 7 heteroatoms. The Morgan fingerprint density at radius 1 is 1.29 bits per heavy atom. The van der Waals surface area contributed by atoms with Gasteiger partial charge in [0.05, 0.1) is 23.5 Å². The monoisotopic (exact) mass is 348 g/mol. The number of benzene rings is 2. The molecule has 126 valence electrons. The van der Waals surface area contributed by atoms with Crippen LogP contribution in [-0.4, -0.2) is 22.0 Å². The zero-order chi connectivity index (χ0) is 17.7. The van der Waals surface area contributed by atoms with Crippen molar-refractivity contribution in [1.82, 2.24) is 5.32 Å². The Labute approximate surface area is 144 Å². The second-order valence-electron chi connectivity index (χ2n) is 5.46. The zero-order valence-electron chi connectivity index (χ0n) is 13.0. The third-order valence-electron chi connectivity index (χ3n) is 3.56. The molecule has 0 spiro atoms. The second-order valence-corrected chi connectivity index (χ2v) is 5.89. The Bertz CT molecular complexity index is 734. The lowest BCUT2D eigenvalue weighted by atomic mass is 10.0. The number of nitro benzene ring substituents is 1. The minimum absolute atomic E-state index is 0.000637. The van der Waals surface area contributed by atoms with Crippen LogP contribution in [0.1, 0.15) is 24.2 Å². The number of nitro groups is 1. The molecule has 2 rings (SSSR count). The summed E-state index contributed by atoms with van der Waals surface area (Å²) in [5.41, 5.74) is 1.12. The van der Waals surface area contributed by atoms with E-state index in [0.717, 1.165) is 0 Å². The molecular weight excluding hydrogens is 332 g/mol. The van der Waals surface area contributed by atoms with Gasteiger partial charge >= 0.3 is 0 Å². The van der Waals surface area contributed by atoms with Crippen molar-refractivity contribution in [3.8, 4) is 0 Å². The number of carbonyl (C=O) groups is 1. The molecule has 0 aromatic heterocycles. The summed E-state index contributed by atoms with van der Waals surface area (Å²) in [4.78, 5) is 22.3. The van der Waals surface area contributed by atoms with Crippen LogP contribution >= 0.6 is 11.6 Å². The highest BCUT2D eigenvalue weighted by Crippen LogP contribution is 2.19. The predicted octanol–water partition coefficient (Wildman–Crippen LogP) is 3.03. The fourth-order valence-corrected chi connectivity index (χ4v) is 2.42. The molecule has 0 radical (unpaired) electrons. The molecule has 0 aliphatic carbocycles. The van der Waals surface area contributed by atoms with Gasteiger partial charge in [-0.15, -0.1) is 0 Å². The quantitative estimate of drug-likeness (QED) is 0.620. The number of hydrogen-bond donors (Lipinski definition) is 2. The largest absolute Gasteiger partial charge is 0.386 e. The van der Waals surface area contributed by atoms with Gasteiger partial charge in [-0.25, -0.2) is 0 Å². The number of aliphatic hydroxyl groups excluding tert-OH is 1. The number of hydrogen-bond acceptors (Lipinski definition) is 4. The highest BCUT2D eigenvalue weighted by molar-refractivity contribution is 6.30. The molecule has 2 aromatic rings. The van der Waals surface area contributed by atoms with Gasteiger partial charge in [0.15, 0.2) is 0 Å². The van der Waals surface area contributed by atoms with Crippen LogP contribution in [0.3, 0.4) is 0 Å². The minimum atomic E-state index is -0.878. The normalized spacial score (nSPS) is 13.1. The lowest BCUT2D eigenvalue weighted by Crippen LogP contribution is -2.37. The zero-order valence-corrected chi connectivity index (χ0v) is 13.7. The van der Waals surface area contributed by atoms with Gasteiger partial charge in [-0.3, -0.25) is 14.9 Å². The lowest BCUT2D eigenvalue weighted by Gasteiger charge is -2.20. The number of nitrogens with zero attached hydrogens (tertiary/aromatic N) is 1. The molecule has 0 fully saturated rings. The minimum Gasteiger partial charge on any atom is -0.386 e. The molecule has 0 aliphatic heterocycles. The fraction of sp³-hybridized carbons (Fsp3) is 0.235. The van der Waals surface area contributed by atoms with Crippen LogP contribution in [0.5, 0.6) is 0 Å². The number of carbonyl (C=O) groups excluding carboxylic acids is 1. The highest BCUT2D eigenvalue weighted by atomic mass is 35.5. The first-order valence-electron chi connectivity index (χ1n) is 7.33. The van der Waals surface area contributed by atoms with Gasteiger partial charge < -0.3 is 10.4 Å². The summed E-state index contributed by atoms with van der Waals surface area (Å²) < 4.78 is 0. The fourth-order valence-electron chi connectivity index (χ4n) is 2.30. The van der Waals surface area contributed by atoms with Crippen LogP contribution in [0, 0.1) is 10.1 Å². The van der Waals surface area contributed by atoms with E-state index in [9.17, 15) is 20.0 Å².